The number of amides is 1. The van der Waals surface area contributed by atoms with Gasteiger partial charge in [0, 0.05) is 7.05 Å². The highest BCUT2D eigenvalue weighted by Gasteiger charge is 2.15. The highest BCUT2D eigenvalue weighted by molar-refractivity contribution is 8.00. The summed E-state index contributed by atoms with van der Waals surface area (Å²) >= 11 is 1.22. The molecule has 0 aliphatic carbocycles. The van der Waals surface area contributed by atoms with Crippen molar-refractivity contribution < 1.29 is 14.3 Å². The summed E-state index contributed by atoms with van der Waals surface area (Å²) in [4.78, 5) is 32.5. The van der Waals surface area contributed by atoms with Gasteiger partial charge in [-0.05, 0) is 19.1 Å². The van der Waals surface area contributed by atoms with Gasteiger partial charge in [-0.1, -0.05) is 29.1 Å². The summed E-state index contributed by atoms with van der Waals surface area (Å²) in [5.74, 6) is -0.657. The number of thioether (sulfide) groups is 1. The molecular weight excluding hydrogens is 356 g/mol. The maximum Gasteiger partial charge on any atom is 0.340 e. The minimum Gasteiger partial charge on any atom is -0.462 e. The number of ether oxygens (including phenoxy) is 1. The molecule has 1 aromatic carbocycles. The van der Waals surface area contributed by atoms with Gasteiger partial charge < -0.3 is 10.1 Å². The van der Waals surface area contributed by atoms with Crippen LogP contribution in [0.5, 0.6) is 0 Å². The van der Waals surface area contributed by atoms with E-state index in [2.05, 4.69) is 25.6 Å². The number of benzene rings is 1. The van der Waals surface area contributed by atoms with Crippen LogP contribution in [0.25, 0.3) is 11.2 Å². The highest BCUT2D eigenvalue weighted by Crippen LogP contribution is 2.23. The molecule has 134 valence electrons. The first-order chi connectivity index (χ1) is 12.6. The van der Waals surface area contributed by atoms with E-state index in [9.17, 15) is 9.59 Å². The number of rotatable bonds is 6. The molecule has 0 saturated carbocycles. The second-order valence-corrected chi connectivity index (χ2v) is 6.13. The van der Waals surface area contributed by atoms with Gasteiger partial charge in [0.05, 0.1) is 23.6 Å². The minimum atomic E-state index is -0.479. The lowest BCUT2D eigenvalue weighted by molar-refractivity contribution is -0.113. The van der Waals surface area contributed by atoms with E-state index in [1.807, 2.05) is 0 Å². The summed E-state index contributed by atoms with van der Waals surface area (Å²) in [5.41, 5.74) is 1.85. The van der Waals surface area contributed by atoms with E-state index in [1.54, 1.807) is 38.2 Å². The predicted octanol–water partition coefficient (Wildman–Crippen LogP) is 1.67. The molecule has 0 saturated heterocycles. The summed E-state index contributed by atoms with van der Waals surface area (Å²) in [6, 6.07) is 6.70. The average Bonchev–Trinajstić information content (AvgIpc) is 3.02. The van der Waals surface area contributed by atoms with Crippen LogP contribution in [0.1, 0.15) is 17.3 Å². The molecule has 0 fully saturated rings. The molecule has 2 aromatic heterocycles. The molecule has 0 aliphatic rings. The third-order valence-electron chi connectivity index (χ3n) is 3.39. The van der Waals surface area contributed by atoms with Gasteiger partial charge in [0.2, 0.25) is 5.91 Å². The number of carbonyl (C=O) groups excluding carboxylic acids is 2. The van der Waals surface area contributed by atoms with Crippen molar-refractivity contribution in [3.05, 3.63) is 36.2 Å². The Morgan fingerprint density at radius 3 is 2.88 bits per heavy atom. The largest absolute Gasteiger partial charge is 0.462 e. The predicted molar refractivity (Wildman–Crippen MR) is 95.9 cm³/mol. The Labute approximate surface area is 153 Å². The number of carbonyl (C=O) groups is 2. The first-order valence-corrected chi connectivity index (χ1v) is 8.78. The molecule has 0 atom stereocenters. The van der Waals surface area contributed by atoms with Crippen LogP contribution >= 0.6 is 11.8 Å². The van der Waals surface area contributed by atoms with Crippen LogP contribution in [0.4, 0.5) is 5.69 Å². The highest BCUT2D eigenvalue weighted by atomic mass is 32.2. The maximum atomic E-state index is 12.3. The Kier molecular flexibility index (Phi) is 5.42. The molecule has 1 N–H and O–H groups in total. The fraction of sp³-hybridized carbons (Fsp3) is 0.250. The van der Waals surface area contributed by atoms with Gasteiger partial charge in [-0.3, -0.25) is 4.79 Å². The van der Waals surface area contributed by atoms with Crippen molar-refractivity contribution in [1.82, 2.24) is 25.0 Å². The molecule has 0 unspecified atom stereocenters. The zero-order chi connectivity index (χ0) is 18.5. The van der Waals surface area contributed by atoms with Crippen molar-refractivity contribution in [3.8, 4) is 0 Å². The van der Waals surface area contributed by atoms with E-state index in [4.69, 9.17) is 4.74 Å². The van der Waals surface area contributed by atoms with Crippen molar-refractivity contribution in [3.63, 3.8) is 0 Å². The lowest BCUT2D eigenvalue weighted by atomic mass is 10.2. The van der Waals surface area contributed by atoms with Crippen LogP contribution in [0.3, 0.4) is 0 Å². The van der Waals surface area contributed by atoms with E-state index in [0.29, 0.717) is 27.4 Å². The molecule has 0 aliphatic heterocycles. The van der Waals surface area contributed by atoms with Crippen molar-refractivity contribution in [1.29, 1.82) is 0 Å². The topological polar surface area (TPSA) is 112 Å². The third kappa shape index (κ3) is 3.80. The van der Waals surface area contributed by atoms with Crippen molar-refractivity contribution in [2.24, 2.45) is 7.05 Å². The number of nitrogens with zero attached hydrogens (tertiary/aromatic N) is 5. The lowest BCUT2D eigenvalue weighted by Gasteiger charge is -2.10. The Hall–Kier alpha value is -3.01. The van der Waals surface area contributed by atoms with Crippen LogP contribution in [-0.4, -0.2) is 49.2 Å². The van der Waals surface area contributed by atoms with E-state index < -0.39 is 5.97 Å². The van der Waals surface area contributed by atoms with Crippen LogP contribution < -0.4 is 5.32 Å². The second-order valence-electron chi connectivity index (χ2n) is 5.17. The van der Waals surface area contributed by atoms with Gasteiger partial charge in [0.1, 0.15) is 11.4 Å². The molecule has 10 heteroatoms. The number of hydrogen-bond donors (Lipinski definition) is 1. The van der Waals surface area contributed by atoms with Crippen molar-refractivity contribution in [2.75, 3.05) is 17.7 Å². The minimum absolute atomic E-state index is 0.0971. The summed E-state index contributed by atoms with van der Waals surface area (Å²) in [7, 11) is 1.73. The maximum absolute atomic E-state index is 12.3. The van der Waals surface area contributed by atoms with Gasteiger partial charge in [0.25, 0.3) is 0 Å². The van der Waals surface area contributed by atoms with E-state index in [0.717, 1.165) is 0 Å². The second kappa shape index (κ2) is 7.91. The zero-order valence-corrected chi connectivity index (χ0v) is 15.0. The smallest absolute Gasteiger partial charge is 0.340 e. The first kappa shape index (κ1) is 17.8. The fourth-order valence-electron chi connectivity index (χ4n) is 2.24. The summed E-state index contributed by atoms with van der Waals surface area (Å²) in [6.07, 6.45) is 1.40. The Bertz CT molecular complexity index is 958. The van der Waals surface area contributed by atoms with Crippen LogP contribution in [0, 0.1) is 0 Å². The SMILES string of the molecule is CCOC(=O)c1ccccc1NC(=O)CSc1ncnc2c1nnn2C. The number of aromatic nitrogens is 5. The van der Waals surface area contributed by atoms with Gasteiger partial charge in [-0.25, -0.2) is 19.4 Å². The number of fused-ring (bicyclic) bond motifs is 1. The third-order valence-corrected chi connectivity index (χ3v) is 4.37. The average molecular weight is 372 g/mol. The van der Waals surface area contributed by atoms with Gasteiger partial charge >= 0.3 is 5.97 Å². The molecule has 3 rings (SSSR count). The van der Waals surface area contributed by atoms with Crippen LogP contribution in [0.2, 0.25) is 0 Å². The lowest BCUT2D eigenvalue weighted by Crippen LogP contribution is -2.17. The first-order valence-electron chi connectivity index (χ1n) is 7.79. The summed E-state index contributed by atoms with van der Waals surface area (Å²) in [5, 5.41) is 11.2. The molecule has 3 aromatic rings. The monoisotopic (exact) mass is 372 g/mol. The normalized spacial score (nSPS) is 10.7. The Morgan fingerprint density at radius 2 is 2.08 bits per heavy atom. The number of aryl methyl sites for hydroxylation is 1. The molecule has 0 bridgehead atoms. The standard InChI is InChI=1S/C16H16N6O3S/c1-3-25-16(24)10-6-4-5-7-11(10)19-12(23)8-26-15-13-14(17-9-18-15)22(2)21-20-13/h4-7,9H,3,8H2,1-2H3,(H,19,23). The zero-order valence-electron chi connectivity index (χ0n) is 14.2. The van der Waals surface area contributed by atoms with Gasteiger partial charge in [-0.15, -0.1) is 5.10 Å². The fourth-order valence-corrected chi connectivity index (χ4v) is 2.97. The van der Waals surface area contributed by atoms with E-state index in [-0.39, 0.29) is 18.3 Å². The molecule has 2 heterocycles. The number of esters is 1. The number of anilines is 1. The molecule has 0 radical (unpaired) electrons. The number of hydrogen-bond acceptors (Lipinski definition) is 8. The molecule has 1 amide bonds. The van der Waals surface area contributed by atoms with Crippen molar-refractivity contribution in [2.45, 2.75) is 11.9 Å². The van der Waals surface area contributed by atoms with Gasteiger partial charge in [0.15, 0.2) is 11.2 Å². The molecule has 0 spiro atoms. The van der Waals surface area contributed by atoms with Gasteiger partial charge in [-0.2, -0.15) is 0 Å². The summed E-state index contributed by atoms with van der Waals surface area (Å²) < 4.78 is 6.54. The van der Waals surface area contributed by atoms with E-state index in [1.165, 1.54) is 22.8 Å². The Morgan fingerprint density at radius 1 is 1.27 bits per heavy atom. The van der Waals surface area contributed by atoms with E-state index >= 15 is 0 Å². The molecule has 26 heavy (non-hydrogen) atoms. The quantitative estimate of drug-likeness (QED) is 0.395. The number of nitrogens with one attached hydrogen (secondary N) is 1. The van der Waals surface area contributed by atoms with Crippen molar-refractivity contribution >= 4 is 40.5 Å². The number of para-hydroxylation sites is 1. The van der Waals surface area contributed by atoms with Crippen LogP contribution in [0.15, 0.2) is 35.6 Å². The Balaban J connectivity index is 1.69. The molecule has 9 nitrogen and oxygen atoms in total. The summed E-state index contributed by atoms with van der Waals surface area (Å²) in [6.45, 7) is 1.99. The molecular formula is C16H16N6O3S. The van der Waals surface area contributed by atoms with Crippen LogP contribution in [-0.2, 0) is 16.6 Å².